The quantitative estimate of drug-likeness (QED) is 0.837. The SMILES string of the molecule is Cc1noc(C(NC(C)C(C)C)C(C)C)n1. The lowest BCUT2D eigenvalue weighted by Gasteiger charge is -2.25. The molecular weight excluding hydrogens is 202 g/mol. The van der Waals surface area contributed by atoms with Crippen LogP contribution in [0.3, 0.4) is 0 Å². The van der Waals surface area contributed by atoms with Crippen LogP contribution in [-0.2, 0) is 0 Å². The minimum atomic E-state index is 0.138. The van der Waals surface area contributed by atoms with E-state index in [1.807, 2.05) is 6.92 Å². The molecule has 0 amide bonds. The maximum Gasteiger partial charge on any atom is 0.244 e. The second-order valence-corrected chi connectivity index (χ2v) is 5.10. The van der Waals surface area contributed by atoms with Crippen LogP contribution in [0.1, 0.15) is 52.4 Å². The molecule has 0 aliphatic rings. The van der Waals surface area contributed by atoms with E-state index in [1.165, 1.54) is 0 Å². The fourth-order valence-corrected chi connectivity index (χ4v) is 1.46. The molecule has 0 aliphatic carbocycles. The third-order valence-corrected chi connectivity index (χ3v) is 2.92. The molecule has 0 fully saturated rings. The molecule has 16 heavy (non-hydrogen) atoms. The molecule has 0 spiro atoms. The van der Waals surface area contributed by atoms with Crippen molar-refractivity contribution < 1.29 is 4.52 Å². The predicted octanol–water partition coefficient (Wildman–Crippen LogP) is 2.71. The fourth-order valence-electron chi connectivity index (χ4n) is 1.46. The summed E-state index contributed by atoms with van der Waals surface area (Å²) in [6.07, 6.45) is 0. The Bertz CT molecular complexity index is 320. The first-order chi connectivity index (χ1) is 7.41. The molecule has 0 radical (unpaired) electrons. The number of hydrogen-bond donors (Lipinski definition) is 1. The first kappa shape index (κ1) is 13.2. The van der Waals surface area contributed by atoms with E-state index in [-0.39, 0.29) is 6.04 Å². The third kappa shape index (κ3) is 3.30. The molecular formula is C12H23N3O. The number of nitrogens with zero attached hydrogens (tertiary/aromatic N) is 2. The van der Waals surface area contributed by atoms with Crippen LogP contribution in [0.2, 0.25) is 0 Å². The number of aromatic nitrogens is 2. The Kier molecular flexibility index (Phi) is 4.47. The second kappa shape index (κ2) is 5.43. The van der Waals surface area contributed by atoms with Gasteiger partial charge in [-0.1, -0.05) is 32.9 Å². The first-order valence-corrected chi connectivity index (χ1v) is 5.98. The molecule has 0 aliphatic heterocycles. The van der Waals surface area contributed by atoms with Crippen LogP contribution in [0, 0.1) is 18.8 Å². The highest BCUT2D eigenvalue weighted by Crippen LogP contribution is 2.21. The van der Waals surface area contributed by atoms with Crippen molar-refractivity contribution in [1.29, 1.82) is 0 Å². The average molecular weight is 225 g/mol. The topological polar surface area (TPSA) is 51.0 Å². The van der Waals surface area contributed by atoms with E-state index in [4.69, 9.17) is 4.52 Å². The lowest BCUT2D eigenvalue weighted by molar-refractivity contribution is 0.255. The van der Waals surface area contributed by atoms with E-state index >= 15 is 0 Å². The summed E-state index contributed by atoms with van der Waals surface area (Å²) < 4.78 is 5.24. The Morgan fingerprint density at radius 3 is 2.06 bits per heavy atom. The summed E-state index contributed by atoms with van der Waals surface area (Å²) in [5.74, 6) is 2.41. The molecule has 1 heterocycles. The van der Waals surface area contributed by atoms with E-state index in [0.29, 0.717) is 29.6 Å². The van der Waals surface area contributed by atoms with Crippen LogP contribution in [0.5, 0.6) is 0 Å². The number of nitrogens with one attached hydrogen (secondary N) is 1. The molecule has 0 saturated heterocycles. The van der Waals surface area contributed by atoms with Gasteiger partial charge in [-0.15, -0.1) is 0 Å². The zero-order valence-corrected chi connectivity index (χ0v) is 11.1. The van der Waals surface area contributed by atoms with Gasteiger partial charge in [0, 0.05) is 6.04 Å². The fraction of sp³-hybridized carbons (Fsp3) is 0.833. The Labute approximate surface area is 97.8 Å². The summed E-state index contributed by atoms with van der Waals surface area (Å²) in [4.78, 5) is 4.30. The normalized spacial score (nSPS) is 15.8. The van der Waals surface area contributed by atoms with E-state index < -0.39 is 0 Å². The van der Waals surface area contributed by atoms with Crippen LogP contribution in [-0.4, -0.2) is 16.2 Å². The van der Waals surface area contributed by atoms with Crippen LogP contribution < -0.4 is 5.32 Å². The van der Waals surface area contributed by atoms with Gasteiger partial charge < -0.3 is 9.84 Å². The minimum Gasteiger partial charge on any atom is -0.338 e. The molecule has 0 aromatic carbocycles. The van der Waals surface area contributed by atoms with Gasteiger partial charge in [0.1, 0.15) is 0 Å². The zero-order valence-electron chi connectivity index (χ0n) is 11.1. The van der Waals surface area contributed by atoms with Crippen molar-refractivity contribution in [3.63, 3.8) is 0 Å². The summed E-state index contributed by atoms with van der Waals surface area (Å²) in [6.45, 7) is 12.7. The van der Waals surface area contributed by atoms with Gasteiger partial charge in [0.05, 0.1) is 6.04 Å². The van der Waals surface area contributed by atoms with Gasteiger partial charge in [0.2, 0.25) is 5.89 Å². The van der Waals surface area contributed by atoms with Crippen molar-refractivity contribution >= 4 is 0 Å². The van der Waals surface area contributed by atoms with Crippen molar-refractivity contribution in [2.24, 2.45) is 11.8 Å². The molecule has 2 unspecified atom stereocenters. The monoisotopic (exact) mass is 225 g/mol. The summed E-state index contributed by atoms with van der Waals surface area (Å²) in [5, 5.41) is 7.40. The summed E-state index contributed by atoms with van der Waals surface area (Å²) in [5.41, 5.74) is 0. The van der Waals surface area contributed by atoms with E-state index in [0.717, 1.165) is 0 Å². The van der Waals surface area contributed by atoms with Gasteiger partial charge in [-0.05, 0) is 25.7 Å². The van der Waals surface area contributed by atoms with Gasteiger partial charge in [-0.2, -0.15) is 4.98 Å². The van der Waals surface area contributed by atoms with Crippen molar-refractivity contribution in [3.8, 4) is 0 Å². The lowest BCUT2D eigenvalue weighted by atomic mass is 10.00. The van der Waals surface area contributed by atoms with Crippen LogP contribution in [0.15, 0.2) is 4.52 Å². The molecule has 0 saturated carbocycles. The summed E-state index contributed by atoms with van der Waals surface area (Å²) in [6, 6.07) is 0.568. The Morgan fingerprint density at radius 1 is 1.06 bits per heavy atom. The molecule has 1 aromatic rings. The van der Waals surface area contributed by atoms with Crippen LogP contribution in [0.4, 0.5) is 0 Å². The summed E-state index contributed by atoms with van der Waals surface area (Å²) >= 11 is 0. The molecule has 1 aromatic heterocycles. The smallest absolute Gasteiger partial charge is 0.244 e. The highest BCUT2D eigenvalue weighted by atomic mass is 16.5. The molecule has 0 bridgehead atoms. The minimum absolute atomic E-state index is 0.138. The number of hydrogen-bond acceptors (Lipinski definition) is 4. The van der Waals surface area contributed by atoms with Gasteiger partial charge in [-0.25, -0.2) is 0 Å². The van der Waals surface area contributed by atoms with Crippen LogP contribution in [0.25, 0.3) is 0 Å². The molecule has 4 nitrogen and oxygen atoms in total. The van der Waals surface area contributed by atoms with Gasteiger partial charge in [0.15, 0.2) is 5.82 Å². The van der Waals surface area contributed by atoms with Gasteiger partial charge in [-0.3, -0.25) is 0 Å². The first-order valence-electron chi connectivity index (χ1n) is 5.98. The Hall–Kier alpha value is -0.900. The average Bonchev–Trinajstić information content (AvgIpc) is 2.59. The van der Waals surface area contributed by atoms with Crippen molar-refractivity contribution in [2.75, 3.05) is 0 Å². The molecule has 92 valence electrons. The highest BCUT2D eigenvalue weighted by Gasteiger charge is 2.24. The van der Waals surface area contributed by atoms with Crippen molar-refractivity contribution in [1.82, 2.24) is 15.5 Å². The van der Waals surface area contributed by atoms with E-state index in [2.05, 4.69) is 50.1 Å². The maximum absolute atomic E-state index is 5.24. The van der Waals surface area contributed by atoms with Crippen LogP contribution >= 0.6 is 0 Å². The molecule has 1 N–H and O–H groups in total. The molecule has 1 rings (SSSR count). The lowest BCUT2D eigenvalue weighted by Crippen LogP contribution is -2.36. The second-order valence-electron chi connectivity index (χ2n) is 5.10. The standard InChI is InChI=1S/C12H23N3O/c1-7(2)9(5)13-11(8(3)4)12-14-10(6)15-16-12/h7-9,11,13H,1-6H3. The largest absolute Gasteiger partial charge is 0.338 e. The summed E-state index contributed by atoms with van der Waals surface area (Å²) in [7, 11) is 0. The zero-order chi connectivity index (χ0) is 12.3. The molecule has 4 heteroatoms. The highest BCUT2D eigenvalue weighted by molar-refractivity contribution is 4.94. The van der Waals surface area contributed by atoms with Crippen molar-refractivity contribution in [2.45, 2.75) is 53.6 Å². The number of rotatable bonds is 5. The van der Waals surface area contributed by atoms with Gasteiger partial charge >= 0.3 is 0 Å². The van der Waals surface area contributed by atoms with Gasteiger partial charge in [0.25, 0.3) is 0 Å². The van der Waals surface area contributed by atoms with E-state index in [9.17, 15) is 0 Å². The molecule has 2 atom stereocenters. The Balaban J connectivity index is 2.76. The van der Waals surface area contributed by atoms with E-state index in [1.54, 1.807) is 0 Å². The van der Waals surface area contributed by atoms with Crippen molar-refractivity contribution in [3.05, 3.63) is 11.7 Å². The Morgan fingerprint density at radius 2 is 1.69 bits per heavy atom. The number of aryl methyl sites for hydroxylation is 1. The predicted molar refractivity (Wildman–Crippen MR) is 64.0 cm³/mol. The third-order valence-electron chi connectivity index (χ3n) is 2.92. The maximum atomic E-state index is 5.24.